The van der Waals surface area contributed by atoms with E-state index in [4.69, 9.17) is 22.3 Å². The number of halogens is 1. The van der Waals surface area contributed by atoms with E-state index in [0.717, 1.165) is 27.6 Å². The first-order chi connectivity index (χ1) is 12.5. The van der Waals surface area contributed by atoms with Gasteiger partial charge in [-0.05, 0) is 24.6 Å². The van der Waals surface area contributed by atoms with Gasteiger partial charge in [-0.1, -0.05) is 48.5 Å². The molecule has 5 nitrogen and oxygen atoms in total. The van der Waals surface area contributed by atoms with Crippen LogP contribution in [0, 0.1) is 0 Å². The molecule has 0 fully saturated rings. The molecule has 2 aromatic heterocycles. The Morgan fingerprint density at radius 1 is 1.08 bits per heavy atom. The second kappa shape index (κ2) is 6.28. The number of aromatic amines is 1. The number of nitrogen functional groups attached to an aromatic ring is 1. The number of anilines is 1. The number of hydrogen-bond donors (Lipinski definition) is 2. The molecule has 0 bridgehead atoms. The van der Waals surface area contributed by atoms with Gasteiger partial charge in [0.25, 0.3) is 0 Å². The highest BCUT2D eigenvalue weighted by Crippen LogP contribution is 2.35. The van der Waals surface area contributed by atoms with E-state index in [-0.39, 0.29) is 0 Å². The van der Waals surface area contributed by atoms with Gasteiger partial charge < -0.3 is 5.73 Å². The summed E-state index contributed by atoms with van der Waals surface area (Å²) in [6.45, 7) is 5.82. The van der Waals surface area contributed by atoms with Crippen molar-refractivity contribution in [3.05, 3.63) is 66.0 Å². The number of nitrogens with one attached hydrogen (secondary N) is 1. The summed E-state index contributed by atoms with van der Waals surface area (Å²) >= 11 is 6.42. The number of aromatic nitrogens is 4. The lowest BCUT2D eigenvalue weighted by atomic mass is 10.0. The van der Waals surface area contributed by atoms with E-state index in [1.54, 1.807) is 6.20 Å². The molecule has 0 spiro atoms. The van der Waals surface area contributed by atoms with E-state index in [1.807, 2.05) is 49.4 Å². The summed E-state index contributed by atoms with van der Waals surface area (Å²) in [4.78, 5) is 9.40. The molecule has 0 aliphatic heterocycles. The lowest BCUT2D eigenvalue weighted by Gasteiger charge is -2.13. The number of rotatable bonds is 3. The summed E-state index contributed by atoms with van der Waals surface area (Å²) in [6, 6.07) is 13.7. The van der Waals surface area contributed by atoms with Crippen molar-refractivity contribution in [2.45, 2.75) is 6.92 Å². The topological polar surface area (TPSA) is 80.5 Å². The molecule has 2 aromatic carbocycles. The van der Waals surface area contributed by atoms with E-state index < -0.39 is 0 Å². The van der Waals surface area contributed by atoms with Crippen molar-refractivity contribution in [1.29, 1.82) is 0 Å². The summed E-state index contributed by atoms with van der Waals surface area (Å²) in [5.74, 6) is 0.357. The molecule has 0 saturated carbocycles. The molecule has 0 unspecified atom stereocenters. The minimum atomic E-state index is 0.357. The van der Waals surface area contributed by atoms with Crippen LogP contribution in [0.4, 0.5) is 5.82 Å². The maximum atomic E-state index is 6.42. The summed E-state index contributed by atoms with van der Waals surface area (Å²) in [5, 5.41) is 8.44. The number of benzene rings is 2. The largest absolute Gasteiger partial charge is 0.382 e. The zero-order valence-corrected chi connectivity index (χ0v) is 14.9. The quantitative estimate of drug-likeness (QED) is 0.540. The minimum Gasteiger partial charge on any atom is -0.382 e. The maximum absolute atomic E-state index is 6.42. The van der Waals surface area contributed by atoms with Crippen LogP contribution in [0.3, 0.4) is 0 Å². The molecule has 4 aromatic rings. The first-order valence-electron chi connectivity index (χ1n) is 8.06. The zero-order chi connectivity index (χ0) is 18.3. The van der Waals surface area contributed by atoms with Crippen molar-refractivity contribution in [3.8, 4) is 22.5 Å². The van der Waals surface area contributed by atoms with Gasteiger partial charge in [0.15, 0.2) is 0 Å². The fourth-order valence-corrected chi connectivity index (χ4v) is 3.18. The van der Waals surface area contributed by atoms with Crippen molar-refractivity contribution in [2.75, 3.05) is 5.73 Å². The third-order valence-electron chi connectivity index (χ3n) is 4.15. The number of fused-ring (bicyclic) bond motifs is 1. The highest BCUT2D eigenvalue weighted by atomic mass is 35.5. The number of nitrogens with two attached hydrogens (primary N) is 1. The Morgan fingerprint density at radius 3 is 2.54 bits per heavy atom. The van der Waals surface area contributed by atoms with E-state index in [2.05, 4.69) is 21.8 Å². The van der Waals surface area contributed by atoms with E-state index in [0.29, 0.717) is 27.9 Å². The average molecular weight is 362 g/mol. The summed E-state index contributed by atoms with van der Waals surface area (Å²) in [6.07, 6.45) is 1.73. The van der Waals surface area contributed by atoms with Gasteiger partial charge >= 0.3 is 0 Å². The second-order valence-electron chi connectivity index (χ2n) is 6.09. The van der Waals surface area contributed by atoms with Crippen LogP contribution in [0.2, 0.25) is 5.02 Å². The molecule has 3 N–H and O–H groups in total. The number of nitrogens with zero attached hydrogens (tertiary/aromatic N) is 3. The molecule has 2 heterocycles. The van der Waals surface area contributed by atoms with Gasteiger partial charge in [-0.25, -0.2) is 9.97 Å². The molecule has 128 valence electrons. The highest BCUT2D eigenvalue weighted by molar-refractivity contribution is 6.35. The number of allylic oxidation sites excluding steroid dienone is 1. The van der Waals surface area contributed by atoms with Gasteiger partial charge in [-0.3, -0.25) is 5.10 Å². The van der Waals surface area contributed by atoms with E-state index in [1.165, 1.54) is 0 Å². The molecular formula is C20H16ClN5. The summed E-state index contributed by atoms with van der Waals surface area (Å²) in [5.41, 5.74) is 11.4. The molecule has 0 radical (unpaired) electrons. The van der Waals surface area contributed by atoms with Crippen LogP contribution in [-0.4, -0.2) is 20.2 Å². The van der Waals surface area contributed by atoms with Gasteiger partial charge in [0.1, 0.15) is 11.5 Å². The smallest absolute Gasteiger partial charge is 0.150 e. The molecule has 6 heteroatoms. The molecular weight excluding hydrogens is 346 g/mol. The first-order valence-corrected chi connectivity index (χ1v) is 8.44. The Bertz CT molecular complexity index is 1130. The Balaban J connectivity index is 2.03. The first kappa shape index (κ1) is 16.3. The second-order valence-corrected chi connectivity index (χ2v) is 6.50. The van der Waals surface area contributed by atoms with Crippen LogP contribution in [0.1, 0.15) is 12.6 Å². The van der Waals surface area contributed by atoms with Crippen LogP contribution < -0.4 is 5.73 Å². The van der Waals surface area contributed by atoms with Crippen molar-refractivity contribution in [3.63, 3.8) is 0 Å². The Morgan fingerprint density at radius 2 is 1.81 bits per heavy atom. The monoisotopic (exact) mass is 361 g/mol. The van der Waals surface area contributed by atoms with Gasteiger partial charge in [-0.15, -0.1) is 0 Å². The SMILES string of the molecule is C=C(C)c1nc(-c2cc(Cl)c3[nH]ncc3c2)c(-c2ccccc2)nc1N. The fraction of sp³-hybridized carbons (Fsp3) is 0.0500. The highest BCUT2D eigenvalue weighted by Gasteiger charge is 2.17. The van der Waals surface area contributed by atoms with E-state index >= 15 is 0 Å². The lowest BCUT2D eigenvalue weighted by molar-refractivity contribution is 1.12. The molecule has 0 aliphatic carbocycles. The Kier molecular flexibility index (Phi) is 3.93. The predicted octanol–water partition coefficient (Wildman–Crippen LogP) is 4.96. The van der Waals surface area contributed by atoms with Crippen LogP contribution in [0.15, 0.2) is 55.2 Å². The van der Waals surface area contributed by atoms with E-state index in [9.17, 15) is 0 Å². The standard InChI is InChI=1S/C20H16ClN5/c1-11(2)16-20(22)25-18(12-6-4-3-5-7-12)19(24-16)13-8-14-10-23-26-17(14)15(21)9-13/h3-10H,1H2,2H3,(H2,22,25)(H,23,26). The maximum Gasteiger partial charge on any atom is 0.150 e. The third kappa shape index (κ3) is 2.72. The van der Waals surface area contributed by atoms with Crippen LogP contribution in [0.5, 0.6) is 0 Å². The van der Waals surface area contributed by atoms with Crippen LogP contribution in [0.25, 0.3) is 39.0 Å². The summed E-state index contributed by atoms with van der Waals surface area (Å²) < 4.78 is 0. The third-order valence-corrected chi connectivity index (χ3v) is 4.45. The van der Waals surface area contributed by atoms with Crippen LogP contribution in [-0.2, 0) is 0 Å². The molecule has 26 heavy (non-hydrogen) atoms. The molecule has 0 atom stereocenters. The number of hydrogen-bond acceptors (Lipinski definition) is 4. The average Bonchev–Trinajstić information content (AvgIpc) is 3.11. The lowest BCUT2D eigenvalue weighted by Crippen LogP contribution is -2.04. The molecule has 4 rings (SSSR count). The minimum absolute atomic E-state index is 0.357. The van der Waals surface area contributed by atoms with Crippen molar-refractivity contribution in [1.82, 2.24) is 20.2 Å². The molecule has 0 saturated heterocycles. The molecule has 0 aliphatic rings. The van der Waals surface area contributed by atoms with Crippen LogP contribution >= 0.6 is 11.6 Å². The van der Waals surface area contributed by atoms with Crippen molar-refractivity contribution < 1.29 is 0 Å². The Hall–Kier alpha value is -3.18. The molecule has 0 amide bonds. The van der Waals surface area contributed by atoms with Gasteiger partial charge in [-0.2, -0.15) is 5.10 Å². The van der Waals surface area contributed by atoms with Gasteiger partial charge in [0.05, 0.1) is 28.1 Å². The van der Waals surface area contributed by atoms with Gasteiger partial charge in [0.2, 0.25) is 0 Å². The number of H-pyrrole nitrogens is 1. The normalized spacial score (nSPS) is 11.0. The Labute approximate surface area is 155 Å². The fourth-order valence-electron chi connectivity index (χ4n) is 2.91. The summed E-state index contributed by atoms with van der Waals surface area (Å²) in [7, 11) is 0. The van der Waals surface area contributed by atoms with Crippen molar-refractivity contribution in [2.24, 2.45) is 0 Å². The van der Waals surface area contributed by atoms with Crippen molar-refractivity contribution >= 4 is 33.9 Å². The predicted molar refractivity (Wildman–Crippen MR) is 107 cm³/mol. The zero-order valence-electron chi connectivity index (χ0n) is 14.1. The van der Waals surface area contributed by atoms with Gasteiger partial charge in [0, 0.05) is 16.5 Å².